The Bertz CT molecular complexity index is 201. The van der Waals surface area contributed by atoms with Crippen LogP contribution in [0.1, 0.15) is 19.4 Å². The Labute approximate surface area is 72.0 Å². The Balaban J connectivity index is 0.000000461. The average Bonchev–Trinajstić information content (AvgIpc) is 2.04. The van der Waals surface area contributed by atoms with Crippen LogP contribution >= 0.6 is 11.6 Å². The topological polar surface area (TPSA) is 0 Å². The lowest BCUT2D eigenvalue weighted by atomic mass is 10.2. The van der Waals surface area contributed by atoms with Gasteiger partial charge in [0.1, 0.15) is 5.82 Å². The van der Waals surface area contributed by atoms with E-state index in [2.05, 4.69) is 0 Å². The molecule has 62 valence electrons. The lowest BCUT2D eigenvalue weighted by molar-refractivity contribution is 0.618. The molecule has 0 heterocycles. The van der Waals surface area contributed by atoms with E-state index in [1.54, 1.807) is 19.1 Å². The summed E-state index contributed by atoms with van der Waals surface area (Å²) in [5.74, 6) is -0.248. The van der Waals surface area contributed by atoms with Gasteiger partial charge in [-0.2, -0.15) is 0 Å². The lowest BCUT2D eigenvalue weighted by Crippen LogP contribution is -1.80. The summed E-state index contributed by atoms with van der Waals surface area (Å²) >= 11 is 5.57. The predicted molar refractivity (Wildman–Crippen MR) is 47.5 cm³/mol. The van der Waals surface area contributed by atoms with Gasteiger partial charge >= 0.3 is 0 Å². The van der Waals surface area contributed by atoms with Crippen LogP contribution in [0.2, 0.25) is 5.02 Å². The van der Waals surface area contributed by atoms with Crippen molar-refractivity contribution in [3.8, 4) is 0 Å². The van der Waals surface area contributed by atoms with Crippen molar-refractivity contribution >= 4 is 11.6 Å². The van der Waals surface area contributed by atoms with Crippen molar-refractivity contribution < 1.29 is 4.39 Å². The zero-order valence-electron chi connectivity index (χ0n) is 6.99. The molecule has 1 aromatic rings. The SMILES string of the molecule is CC.Cc1c(F)cccc1Cl. The third-order valence-corrected chi connectivity index (χ3v) is 1.61. The second kappa shape index (κ2) is 5.14. The molecule has 0 saturated carbocycles. The summed E-state index contributed by atoms with van der Waals surface area (Å²) < 4.78 is 12.5. The maximum absolute atomic E-state index is 12.5. The Morgan fingerprint density at radius 2 is 1.82 bits per heavy atom. The maximum atomic E-state index is 12.5. The highest BCUT2D eigenvalue weighted by atomic mass is 35.5. The van der Waals surface area contributed by atoms with Crippen LogP contribution in [0.5, 0.6) is 0 Å². The summed E-state index contributed by atoms with van der Waals surface area (Å²) in [5, 5.41) is 0.481. The summed E-state index contributed by atoms with van der Waals surface area (Å²) in [4.78, 5) is 0. The molecule has 0 amide bonds. The van der Waals surface area contributed by atoms with Crippen LogP contribution in [0.25, 0.3) is 0 Å². The molecule has 2 heteroatoms. The molecule has 1 rings (SSSR count). The fourth-order valence-electron chi connectivity index (χ4n) is 0.581. The summed E-state index contributed by atoms with van der Waals surface area (Å²) in [7, 11) is 0. The molecule has 0 unspecified atom stereocenters. The first-order valence-corrected chi connectivity index (χ1v) is 4.00. The summed E-state index contributed by atoms with van der Waals surface area (Å²) in [6, 6.07) is 4.64. The smallest absolute Gasteiger partial charge is 0.127 e. The highest BCUT2D eigenvalue weighted by Gasteiger charge is 1.97. The highest BCUT2D eigenvalue weighted by molar-refractivity contribution is 6.31. The lowest BCUT2D eigenvalue weighted by Gasteiger charge is -1.95. The molecule has 0 aliphatic heterocycles. The van der Waals surface area contributed by atoms with E-state index in [0.29, 0.717) is 10.6 Å². The Hall–Kier alpha value is -0.560. The van der Waals surface area contributed by atoms with Gasteiger partial charge in [0.2, 0.25) is 0 Å². The minimum Gasteiger partial charge on any atom is -0.207 e. The van der Waals surface area contributed by atoms with E-state index >= 15 is 0 Å². The molecule has 0 bridgehead atoms. The van der Waals surface area contributed by atoms with Crippen LogP contribution in [-0.2, 0) is 0 Å². The van der Waals surface area contributed by atoms with Crippen molar-refractivity contribution in [2.75, 3.05) is 0 Å². The molecule has 0 nitrogen and oxygen atoms in total. The number of rotatable bonds is 0. The number of halogens is 2. The first-order valence-electron chi connectivity index (χ1n) is 3.62. The quantitative estimate of drug-likeness (QED) is 0.561. The minimum absolute atomic E-state index is 0.248. The molecule has 0 aliphatic rings. The van der Waals surface area contributed by atoms with Crippen molar-refractivity contribution in [2.24, 2.45) is 0 Å². The van der Waals surface area contributed by atoms with Crippen LogP contribution < -0.4 is 0 Å². The summed E-state index contributed by atoms with van der Waals surface area (Å²) in [5.41, 5.74) is 0.513. The van der Waals surface area contributed by atoms with Crippen LogP contribution in [0.3, 0.4) is 0 Å². The van der Waals surface area contributed by atoms with E-state index in [9.17, 15) is 4.39 Å². The van der Waals surface area contributed by atoms with Crippen LogP contribution in [-0.4, -0.2) is 0 Å². The van der Waals surface area contributed by atoms with Crippen molar-refractivity contribution in [1.82, 2.24) is 0 Å². The molecule has 1 aromatic carbocycles. The van der Waals surface area contributed by atoms with Gasteiger partial charge in [0, 0.05) is 10.6 Å². The molecule has 11 heavy (non-hydrogen) atoms. The third-order valence-electron chi connectivity index (χ3n) is 1.20. The molecular weight excluding hydrogens is 163 g/mol. The van der Waals surface area contributed by atoms with E-state index in [0.717, 1.165) is 0 Å². The van der Waals surface area contributed by atoms with Gasteiger partial charge in [-0.1, -0.05) is 31.5 Å². The average molecular weight is 175 g/mol. The van der Waals surface area contributed by atoms with Crippen molar-refractivity contribution in [3.63, 3.8) is 0 Å². The van der Waals surface area contributed by atoms with Crippen LogP contribution in [0.4, 0.5) is 4.39 Å². The van der Waals surface area contributed by atoms with Gasteiger partial charge in [-0.25, -0.2) is 4.39 Å². The third kappa shape index (κ3) is 2.89. The maximum Gasteiger partial charge on any atom is 0.127 e. The fraction of sp³-hybridized carbons (Fsp3) is 0.333. The zero-order valence-corrected chi connectivity index (χ0v) is 7.74. The zero-order chi connectivity index (χ0) is 8.85. The van der Waals surface area contributed by atoms with Crippen molar-refractivity contribution in [3.05, 3.63) is 34.6 Å². The second-order valence-corrected chi connectivity index (χ2v) is 2.25. The van der Waals surface area contributed by atoms with Gasteiger partial charge in [0.25, 0.3) is 0 Å². The fourth-order valence-corrected chi connectivity index (χ4v) is 0.744. The first kappa shape index (κ1) is 10.4. The monoisotopic (exact) mass is 174 g/mol. The summed E-state index contributed by atoms with van der Waals surface area (Å²) in [6.45, 7) is 5.65. The summed E-state index contributed by atoms with van der Waals surface area (Å²) in [6.07, 6.45) is 0. The molecule has 0 fully saturated rings. The molecule has 0 radical (unpaired) electrons. The second-order valence-electron chi connectivity index (χ2n) is 1.85. The molecule has 0 spiro atoms. The van der Waals surface area contributed by atoms with E-state index in [4.69, 9.17) is 11.6 Å². The van der Waals surface area contributed by atoms with Gasteiger partial charge in [0.05, 0.1) is 0 Å². The van der Waals surface area contributed by atoms with E-state index in [1.807, 2.05) is 13.8 Å². The molecule has 0 aromatic heterocycles. The van der Waals surface area contributed by atoms with Crippen molar-refractivity contribution in [1.29, 1.82) is 0 Å². The molecular formula is C9H12ClF. The Kier molecular flexibility index (Phi) is 4.88. The van der Waals surface area contributed by atoms with Gasteiger partial charge in [0.15, 0.2) is 0 Å². The van der Waals surface area contributed by atoms with Gasteiger partial charge < -0.3 is 0 Å². The van der Waals surface area contributed by atoms with Crippen LogP contribution in [0, 0.1) is 12.7 Å². The van der Waals surface area contributed by atoms with E-state index in [1.165, 1.54) is 6.07 Å². The predicted octanol–water partition coefficient (Wildman–Crippen LogP) is 3.81. The van der Waals surface area contributed by atoms with Gasteiger partial charge in [-0.3, -0.25) is 0 Å². The van der Waals surface area contributed by atoms with E-state index < -0.39 is 0 Å². The Morgan fingerprint density at radius 1 is 1.27 bits per heavy atom. The normalized spacial score (nSPS) is 8.45. The first-order chi connectivity index (χ1) is 5.22. The minimum atomic E-state index is -0.248. The van der Waals surface area contributed by atoms with E-state index in [-0.39, 0.29) is 5.82 Å². The molecule has 0 saturated heterocycles. The largest absolute Gasteiger partial charge is 0.207 e. The number of benzene rings is 1. The molecule has 0 aliphatic carbocycles. The molecule has 0 atom stereocenters. The highest BCUT2D eigenvalue weighted by Crippen LogP contribution is 2.16. The molecule has 0 N–H and O–H groups in total. The van der Waals surface area contributed by atoms with Gasteiger partial charge in [-0.15, -0.1) is 0 Å². The van der Waals surface area contributed by atoms with Crippen LogP contribution in [0.15, 0.2) is 18.2 Å². The van der Waals surface area contributed by atoms with Crippen molar-refractivity contribution in [2.45, 2.75) is 20.8 Å². The number of hydrogen-bond donors (Lipinski definition) is 0. The number of hydrogen-bond acceptors (Lipinski definition) is 0. The Morgan fingerprint density at radius 3 is 2.18 bits per heavy atom. The van der Waals surface area contributed by atoms with Gasteiger partial charge in [-0.05, 0) is 19.1 Å². The standard InChI is InChI=1S/C7H6ClF.C2H6/c1-5-6(8)3-2-4-7(5)9;1-2/h2-4H,1H3;1-2H3.